The highest BCUT2D eigenvalue weighted by molar-refractivity contribution is 7.90. The predicted molar refractivity (Wildman–Crippen MR) is 99.8 cm³/mol. The second-order valence-corrected chi connectivity index (χ2v) is 50.4. The van der Waals surface area contributed by atoms with Crippen LogP contribution in [0.4, 0.5) is 0 Å². The van der Waals surface area contributed by atoms with Crippen molar-refractivity contribution in [1.82, 2.24) is 0 Å². The minimum atomic E-state index is -1.91. The van der Waals surface area contributed by atoms with Crippen LogP contribution in [0.3, 0.4) is 0 Å². The highest BCUT2D eigenvalue weighted by Gasteiger charge is 2.70. The SMILES string of the molecule is C[C@H]1C(=O)OC(=O)[C@H]1[Si]([Si](C)(C)C)([Si](C)(C)C)[Si](C)(C)C. The second-order valence-electron chi connectivity index (χ2n) is 9.56. The van der Waals surface area contributed by atoms with Crippen LogP contribution in [0.25, 0.3) is 0 Å². The molecule has 0 saturated carbocycles. The Balaban J connectivity index is 3.75. The Morgan fingerprint density at radius 3 is 1.24 bits per heavy atom. The molecule has 21 heavy (non-hydrogen) atoms. The first-order valence-corrected chi connectivity index (χ1v) is 23.4. The van der Waals surface area contributed by atoms with Gasteiger partial charge < -0.3 is 4.74 Å². The van der Waals surface area contributed by atoms with Crippen molar-refractivity contribution in [3.63, 3.8) is 0 Å². The summed E-state index contributed by atoms with van der Waals surface area (Å²) in [6.45, 7) is 22.0. The van der Waals surface area contributed by atoms with Crippen molar-refractivity contribution in [1.29, 1.82) is 0 Å². The third-order valence-corrected chi connectivity index (χ3v) is 78.7. The molecule has 0 radical (unpaired) electrons. The van der Waals surface area contributed by atoms with E-state index in [0.29, 0.717) is 0 Å². The fourth-order valence-electron chi connectivity index (χ4n) is 5.92. The summed E-state index contributed by atoms with van der Waals surface area (Å²) in [6, 6.07) is 0. The number of hydrogen-bond acceptors (Lipinski definition) is 3. The molecule has 0 aromatic heterocycles. The Bertz CT molecular complexity index is 418. The molecule has 3 nitrogen and oxygen atoms in total. The van der Waals surface area contributed by atoms with Crippen LogP contribution >= 0.6 is 0 Å². The minimum absolute atomic E-state index is 0.0880. The number of rotatable bonds is 4. The van der Waals surface area contributed by atoms with Crippen LogP contribution in [0.1, 0.15) is 6.92 Å². The van der Waals surface area contributed by atoms with Crippen LogP contribution in [0.2, 0.25) is 64.5 Å². The summed E-state index contributed by atoms with van der Waals surface area (Å²) in [5.74, 6) is -0.697. The maximum absolute atomic E-state index is 12.6. The van der Waals surface area contributed by atoms with Crippen molar-refractivity contribution in [2.75, 3.05) is 0 Å². The van der Waals surface area contributed by atoms with E-state index >= 15 is 0 Å². The van der Waals surface area contributed by atoms with Crippen LogP contribution in [-0.4, -0.2) is 41.3 Å². The van der Waals surface area contributed by atoms with Gasteiger partial charge in [0, 0.05) is 22.8 Å². The van der Waals surface area contributed by atoms with Gasteiger partial charge >= 0.3 is 11.9 Å². The number of hydrogen-bond donors (Lipinski definition) is 0. The van der Waals surface area contributed by atoms with Gasteiger partial charge in [0.1, 0.15) is 0 Å². The van der Waals surface area contributed by atoms with Gasteiger partial charge in [0.05, 0.1) is 18.1 Å². The van der Waals surface area contributed by atoms with E-state index in [0.717, 1.165) is 0 Å². The van der Waals surface area contributed by atoms with Crippen LogP contribution < -0.4 is 0 Å². The molecule has 1 aliphatic heterocycles. The molecule has 0 amide bonds. The average Bonchev–Trinajstić information content (AvgIpc) is 2.39. The molecule has 0 aliphatic carbocycles. The zero-order chi connectivity index (χ0) is 17.0. The highest BCUT2D eigenvalue weighted by atomic mass is 29.9. The van der Waals surface area contributed by atoms with E-state index in [1.54, 1.807) is 0 Å². The summed E-state index contributed by atoms with van der Waals surface area (Å²) in [6.07, 6.45) is 0. The summed E-state index contributed by atoms with van der Waals surface area (Å²) < 4.78 is 5.10. The molecule has 1 fully saturated rings. The predicted octanol–water partition coefficient (Wildman–Crippen LogP) is 3.77. The van der Waals surface area contributed by atoms with E-state index < -0.39 is 29.4 Å². The fraction of sp³-hybridized carbons (Fsp3) is 0.857. The first-order chi connectivity index (χ1) is 9.09. The maximum Gasteiger partial charge on any atom is 0.316 e. The second kappa shape index (κ2) is 5.28. The molecule has 1 saturated heterocycles. The van der Waals surface area contributed by atoms with Gasteiger partial charge in [0.25, 0.3) is 0 Å². The van der Waals surface area contributed by atoms with Crippen molar-refractivity contribution in [2.45, 2.75) is 71.4 Å². The lowest BCUT2D eigenvalue weighted by molar-refractivity contribution is -0.152. The van der Waals surface area contributed by atoms with E-state index in [1.807, 2.05) is 6.92 Å². The Labute approximate surface area is 133 Å². The maximum atomic E-state index is 12.6. The third kappa shape index (κ3) is 2.70. The van der Waals surface area contributed by atoms with Crippen molar-refractivity contribution in [3.05, 3.63) is 0 Å². The van der Waals surface area contributed by atoms with Crippen LogP contribution in [0.5, 0.6) is 0 Å². The molecule has 0 aromatic rings. The Morgan fingerprint density at radius 2 is 1.05 bits per heavy atom. The lowest BCUT2D eigenvalue weighted by Gasteiger charge is -2.60. The molecule has 1 rings (SSSR count). The Hall–Kier alpha value is 0.00753. The lowest BCUT2D eigenvalue weighted by atomic mass is 10.1. The molecule has 0 spiro atoms. The molecular formula is C14H32O3Si4. The van der Waals surface area contributed by atoms with Gasteiger partial charge in [-0.05, 0) is 0 Å². The third-order valence-electron chi connectivity index (χ3n) is 5.34. The van der Waals surface area contributed by atoms with E-state index in [1.165, 1.54) is 0 Å². The monoisotopic (exact) mass is 360 g/mol. The van der Waals surface area contributed by atoms with Gasteiger partial charge in [0.2, 0.25) is 0 Å². The van der Waals surface area contributed by atoms with E-state index in [-0.39, 0.29) is 23.4 Å². The smallest absolute Gasteiger partial charge is 0.316 e. The fourth-order valence-corrected chi connectivity index (χ4v) is 109. The number of cyclic esters (lactones) is 2. The molecule has 1 aliphatic rings. The molecule has 0 N–H and O–H groups in total. The van der Waals surface area contributed by atoms with Crippen molar-refractivity contribution >= 4 is 41.3 Å². The molecule has 0 aromatic carbocycles. The number of esters is 2. The number of carbonyl (C=O) groups excluding carboxylic acids is 2. The topological polar surface area (TPSA) is 43.4 Å². The normalized spacial score (nSPS) is 25.2. The van der Waals surface area contributed by atoms with Crippen LogP contribution in [-0.2, 0) is 14.3 Å². The van der Waals surface area contributed by atoms with Gasteiger partial charge in [0.15, 0.2) is 0 Å². The molecule has 1 heterocycles. The molecule has 2 atom stereocenters. The van der Waals surface area contributed by atoms with Crippen molar-refractivity contribution in [2.24, 2.45) is 5.92 Å². The van der Waals surface area contributed by atoms with Gasteiger partial charge in [-0.25, -0.2) is 0 Å². The van der Waals surface area contributed by atoms with Crippen molar-refractivity contribution < 1.29 is 14.3 Å². The average molecular weight is 361 g/mol. The van der Waals surface area contributed by atoms with Crippen LogP contribution in [0.15, 0.2) is 0 Å². The van der Waals surface area contributed by atoms with E-state index in [2.05, 4.69) is 58.9 Å². The van der Waals surface area contributed by atoms with Crippen molar-refractivity contribution in [3.8, 4) is 0 Å². The first-order valence-electron chi connectivity index (χ1n) is 7.84. The Morgan fingerprint density at radius 1 is 0.714 bits per heavy atom. The quantitative estimate of drug-likeness (QED) is 0.435. The number of ether oxygens (including phenoxy) is 1. The van der Waals surface area contributed by atoms with Gasteiger partial charge in [-0.1, -0.05) is 65.8 Å². The zero-order valence-electron chi connectivity index (χ0n) is 15.4. The molecule has 122 valence electrons. The standard InChI is InChI=1S/C14H32O3Si4/c1-11-12(14(16)17-13(11)15)21(18(2,3)4,19(5,6)7)20(8,9)10/h11-12H,1-10H3/t11-,12+/m1/s1. The summed E-state index contributed by atoms with van der Waals surface area (Å²) in [5, 5.41) is 0. The largest absolute Gasteiger partial charge is 0.393 e. The lowest BCUT2D eigenvalue weighted by Crippen LogP contribution is -2.85. The molecule has 0 unspecified atom stereocenters. The van der Waals surface area contributed by atoms with Crippen LogP contribution in [0, 0.1) is 5.92 Å². The van der Waals surface area contributed by atoms with Gasteiger partial charge in [-0.3, -0.25) is 9.59 Å². The summed E-state index contributed by atoms with van der Waals surface area (Å²) >= 11 is 0. The Kier molecular flexibility index (Phi) is 4.79. The highest BCUT2D eigenvalue weighted by Crippen LogP contribution is 2.50. The zero-order valence-corrected chi connectivity index (χ0v) is 19.4. The van der Waals surface area contributed by atoms with Gasteiger partial charge in [-0.2, -0.15) is 0 Å². The molecule has 0 bridgehead atoms. The summed E-state index contributed by atoms with van der Waals surface area (Å²) in [4.78, 5) is 24.7. The van der Waals surface area contributed by atoms with E-state index in [4.69, 9.17) is 4.74 Å². The number of carbonyl (C=O) groups is 2. The van der Waals surface area contributed by atoms with E-state index in [9.17, 15) is 9.59 Å². The summed E-state index contributed by atoms with van der Waals surface area (Å²) in [7, 11) is -4.73. The minimum Gasteiger partial charge on any atom is -0.393 e. The molecular weight excluding hydrogens is 328 g/mol. The molecule has 7 heteroatoms. The first kappa shape index (κ1) is 19.1. The van der Waals surface area contributed by atoms with Gasteiger partial charge in [-0.15, -0.1) is 0 Å². The summed E-state index contributed by atoms with van der Waals surface area (Å²) in [5.41, 5.74) is -0.0880.